The molecular formula is C21H26N4O2S. The summed E-state index contributed by atoms with van der Waals surface area (Å²) in [7, 11) is 1.64. The van der Waals surface area contributed by atoms with Gasteiger partial charge in [-0.05, 0) is 85.8 Å². The summed E-state index contributed by atoms with van der Waals surface area (Å²) >= 11 is 5.38. The molecule has 6 nitrogen and oxygen atoms in total. The summed E-state index contributed by atoms with van der Waals surface area (Å²) < 4.78 is 7.45. The molecule has 0 radical (unpaired) electrons. The van der Waals surface area contributed by atoms with Gasteiger partial charge < -0.3 is 10.1 Å². The van der Waals surface area contributed by atoms with Crippen LogP contribution in [0, 0.1) is 28.4 Å². The average molecular weight is 399 g/mol. The van der Waals surface area contributed by atoms with Gasteiger partial charge in [0.1, 0.15) is 12.3 Å². The van der Waals surface area contributed by atoms with Crippen molar-refractivity contribution in [1.29, 1.82) is 0 Å². The summed E-state index contributed by atoms with van der Waals surface area (Å²) in [5, 5.41) is 10.5. The molecule has 1 heterocycles. The zero-order valence-corrected chi connectivity index (χ0v) is 16.9. The highest BCUT2D eigenvalue weighted by Gasteiger charge is 2.53. The molecule has 5 atom stereocenters. The fraction of sp³-hybridized carbons (Fsp3) is 0.571. The number of ether oxygens (including phenoxy) is 1. The Bertz CT molecular complexity index is 935. The quantitative estimate of drug-likeness (QED) is 0.756. The molecular weight excluding hydrogens is 372 g/mol. The van der Waals surface area contributed by atoms with Gasteiger partial charge in [0.2, 0.25) is 5.91 Å². The van der Waals surface area contributed by atoms with Crippen LogP contribution in [0.15, 0.2) is 24.3 Å². The van der Waals surface area contributed by atoms with Gasteiger partial charge >= 0.3 is 0 Å². The Labute approximate surface area is 169 Å². The Morgan fingerprint density at radius 2 is 2.04 bits per heavy atom. The molecule has 3 aliphatic rings. The number of aromatic nitrogens is 3. The highest BCUT2D eigenvalue weighted by molar-refractivity contribution is 7.71. The second-order valence-electron chi connectivity index (χ2n) is 8.49. The van der Waals surface area contributed by atoms with Gasteiger partial charge in [0.05, 0.1) is 7.11 Å². The number of fused-ring (bicyclic) bond motifs is 5. The number of hydrogen-bond donors (Lipinski definition) is 2. The van der Waals surface area contributed by atoms with Crippen molar-refractivity contribution in [2.24, 2.45) is 23.7 Å². The van der Waals surface area contributed by atoms with E-state index in [9.17, 15) is 4.79 Å². The number of methoxy groups -OCH3 is 1. The first-order chi connectivity index (χ1) is 13.6. The molecule has 5 rings (SSSR count). The predicted molar refractivity (Wildman–Crippen MR) is 108 cm³/mol. The highest BCUT2D eigenvalue weighted by atomic mass is 32.1. The summed E-state index contributed by atoms with van der Waals surface area (Å²) in [5.74, 6) is 4.76. The second kappa shape index (κ2) is 7.03. The topological polar surface area (TPSA) is 71.9 Å². The molecule has 148 valence electrons. The Hall–Kier alpha value is -2.15. The normalized spacial score (nSPS) is 30.4. The van der Waals surface area contributed by atoms with E-state index in [0.717, 1.165) is 35.5 Å². The molecule has 0 aliphatic heterocycles. The fourth-order valence-corrected chi connectivity index (χ4v) is 6.25. The summed E-state index contributed by atoms with van der Waals surface area (Å²) in [6, 6.07) is 7.94. The van der Waals surface area contributed by atoms with E-state index in [-0.39, 0.29) is 12.5 Å². The van der Waals surface area contributed by atoms with Crippen molar-refractivity contribution in [2.75, 3.05) is 7.11 Å². The van der Waals surface area contributed by atoms with E-state index in [1.54, 1.807) is 11.7 Å². The molecule has 3 aliphatic carbocycles. The van der Waals surface area contributed by atoms with Crippen molar-refractivity contribution in [3.05, 3.63) is 29.0 Å². The number of hydrogen-bond acceptors (Lipinski definition) is 4. The number of carbonyl (C=O) groups is 1. The summed E-state index contributed by atoms with van der Waals surface area (Å²) in [6.45, 7) is 0.193. The van der Waals surface area contributed by atoms with Gasteiger partial charge in [-0.25, -0.2) is 0 Å². The maximum absolute atomic E-state index is 12.8. The van der Waals surface area contributed by atoms with Crippen molar-refractivity contribution in [1.82, 2.24) is 20.1 Å². The van der Waals surface area contributed by atoms with Gasteiger partial charge in [0, 0.05) is 11.6 Å². The number of amides is 1. The molecule has 3 saturated carbocycles. The maximum atomic E-state index is 12.8. The van der Waals surface area contributed by atoms with Gasteiger partial charge in [0.25, 0.3) is 0 Å². The molecule has 0 unspecified atom stereocenters. The first-order valence-electron chi connectivity index (χ1n) is 10.2. The molecule has 1 amide bonds. The van der Waals surface area contributed by atoms with Crippen LogP contribution in [0.5, 0.6) is 5.75 Å². The molecule has 0 saturated heterocycles. The third-order valence-electron chi connectivity index (χ3n) is 7.18. The van der Waals surface area contributed by atoms with Crippen molar-refractivity contribution in [2.45, 2.75) is 44.7 Å². The SMILES string of the molecule is COc1ccc(-c2n[nH]c(=S)n2CC(=O)N[C@@H]2C[C@H]3C[C@H]2[C@@H]2CCC[C@H]32)cc1. The number of nitrogens with zero attached hydrogens (tertiary/aromatic N) is 2. The minimum absolute atomic E-state index is 0.0272. The summed E-state index contributed by atoms with van der Waals surface area (Å²) in [6.07, 6.45) is 6.59. The highest BCUT2D eigenvalue weighted by Crippen LogP contribution is 2.58. The van der Waals surface area contributed by atoms with Gasteiger partial charge in [-0.1, -0.05) is 6.42 Å². The van der Waals surface area contributed by atoms with Crippen LogP contribution in [-0.2, 0) is 11.3 Å². The lowest BCUT2D eigenvalue weighted by Crippen LogP contribution is -2.43. The lowest BCUT2D eigenvalue weighted by atomic mass is 9.79. The monoisotopic (exact) mass is 398 g/mol. The summed E-state index contributed by atoms with van der Waals surface area (Å²) in [5.41, 5.74) is 0.898. The van der Waals surface area contributed by atoms with E-state index >= 15 is 0 Å². The first-order valence-corrected chi connectivity index (χ1v) is 10.6. The first kappa shape index (κ1) is 17.9. The van der Waals surface area contributed by atoms with Gasteiger partial charge in [0.15, 0.2) is 10.6 Å². The molecule has 2 N–H and O–H groups in total. The van der Waals surface area contributed by atoms with E-state index in [1.165, 1.54) is 25.7 Å². The number of aromatic amines is 1. The summed E-state index contributed by atoms with van der Waals surface area (Å²) in [4.78, 5) is 12.8. The Balaban J connectivity index is 1.29. The van der Waals surface area contributed by atoms with Crippen molar-refractivity contribution < 1.29 is 9.53 Å². The smallest absolute Gasteiger partial charge is 0.240 e. The molecule has 28 heavy (non-hydrogen) atoms. The van der Waals surface area contributed by atoms with Crippen LogP contribution in [0.3, 0.4) is 0 Å². The van der Waals surface area contributed by atoms with E-state index in [4.69, 9.17) is 17.0 Å². The van der Waals surface area contributed by atoms with Gasteiger partial charge in [-0.15, -0.1) is 0 Å². The van der Waals surface area contributed by atoms with Crippen molar-refractivity contribution >= 4 is 18.1 Å². The lowest BCUT2D eigenvalue weighted by Gasteiger charge is -2.32. The predicted octanol–water partition coefficient (Wildman–Crippen LogP) is 3.56. The zero-order chi connectivity index (χ0) is 19.3. The van der Waals surface area contributed by atoms with Crippen molar-refractivity contribution in [3.63, 3.8) is 0 Å². The van der Waals surface area contributed by atoms with Crippen LogP contribution in [0.25, 0.3) is 11.4 Å². The molecule has 7 heteroatoms. The van der Waals surface area contributed by atoms with E-state index in [1.807, 2.05) is 24.3 Å². The van der Waals surface area contributed by atoms with Crippen LogP contribution in [0.2, 0.25) is 0 Å². The Morgan fingerprint density at radius 1 is 1.25 bits per heavy atom. The average Bonchev–Trinajstić information content (AvgIpc) is 3.45. The minimum atomic E-state index is 0.0272. The molecule has 3 fully saturated rings. The maximum Gasteiger partial charge on any atom is 0.240 e. The second-order valence-corrected chi connectivity index (χ2v) is 8.88. The zero-order valence-electron chi connectivity index (χ0n) is 16.1. The molecule has 2 aromatic rings. The number of nitrogens with one attached hydrogen (secondary N) is 2. The number of rotatable bonds is 5. The molecule has 1 aromatic heterocycles. The van der Waals surface area contributed by atoms with Crippen LogP contribution in [-0.4, -0.2) is 33.8 Å². The number of H-pyrrole nitrogens is 1. The van der Waals surface area contributed by atoms with Crippen LogP contribution in [0.4, 0.5) is 0 Å². The van der Waals surface area contributed by atoms with Gasteiger partial charge in [-0.2, -0.15) is 5.10 Å². The molecule has 0 spiro atoms. The lowest BCUT2D eigenvalue weighted by molar-refractivity contribution is -0.122. The third-order valence-corrected chi connectivity index (χ3v) is 7.49. The van der Waals surface area contributed by atoms with Crippen molar-refractivity contribution in [3.8, 4) is 17.1 Å². The molecule has 2 bridgehead atoms. The molecule has 1 aromatic carbocycles. The van der Waals surface area contributed by atoms with Gasteiger partial charge in [-0.3, -0.25) is 14.5 Å². The van der Waals surface area contributed by atoms with Crippen LogP contribution >= 0.6 is 12.2 Å². The standard InChI is InChI=1S/C21H26N4O2S/c1-27-14-7-5-12(6-8-14)20-23-24-21(28)25(20)11-19(26)22-18-10-13-9-17(18)16-4-2-3-15(13)16/h5-8,13,15-18H,2-4,9-11H2,1H3,(H,22,26)(H,24,28)/t13-,15-,16-,17+,18-/m1/s1. The fourth-order valence-electron chi connectivity index (χ4n) is 6.05. The van der Waals surface area contributed by atoms with Crippen LogP contribution in [0.1, 0.15) is 32.1 Å². The van der Waals surface area contributed by atoms with E-state index < -0.39 is 0 Å². The Kier molecular flexibility index (Phi) is 4.50. The van der Waals surface area contributed by atoms with E-state index in [2.05, 4.69) is 15.5 Å². The largest absolute Gasteiger partial charge is 0.497 e. The Morgan fingerprint density at radius 3 is 2.82 bits per heavy atom. The van der Waals surface area contributed by atoms with Crippen LogP contribution < -0.4 is 10.1 Å². The number of benzene rings is 1. The third kappa shape index (κ3) is 2.96. The number of carbonyl (C=O) groups excluding carboxylic acids is 1. The minimum Gasteiger partial charge on any atom is -0.497 e. The van der Waals surface area contributed by atoms with E-state index in [0.29, 0.717) is 22.6 Å².